The monoisotopic (exact) mass is 1080 g/mol. The summed E-state index contributed by atoms with van der Waals surface area (Å²) in [6, 6.07) is 60.2. The van der Waals surface area contributed by atoms with E-state index in [9.17, 15) is 0 Å². The van der Waals surface area contributed by atoms with E-state index in [1.54, 1.807) is 18.3 Å². The SMILES string of the molecule is [2H]C([2H])([2H])c1ccc2c(n1)oc1c(-c3cc(-c4ccccc4)c(-c4c(F)cc(F)cc4-c4cc(CCc5ccc(-c6[c-]cccc6)nc5)cc(CCc5ccc(-c6[c-]cccc6)nc5)c4)cn3)[c-]ccc12.[Ir+3]. The first-order valence-electron chi connectivity index (χ1n) is 23.9. The van der Waals surface area contributed by atoms with Gasteiger partial charge in [0.05, 0.1) is 5.58 Å². The summed E-state index contributed by atoms with van der Waals surface area (Å²) < 4.78 is 62.7. The summed E-state index contributed by atoms with van der Waals surface area (Å²) in [5.74, 6) is -1.44. The van der Waals surface area contributed by atoms with Gasteiger partial charge in [-0.3, -0.25) is 0 Å². The Balaban J connectivity index is 0.00000596. The summed E-state index contributed by atoms with van der Waals surface area (Å²) in [7, 11) is 0. The maximum atomic E-state index is 16.9. The Morgan fingerprint density at radius 2 is 1.17 bits per heavy atom. The minimum absolute atomic E-state index is 0. The van der Waals surface area contributed by atoms with Crippen molar-refractivity contribution >= 4 is 22.1 Å². The molecule has 0 unspecified atom stereocenters. The van der Waals surface area contributed by atoms with Crippen LogP contribution in [0, 0.1) is 36.7 Å². The maximum Gasteiger partial charge on any atom is 3.00 e. The molecule has 0 radical (unpaired) electrons. The number of hydrogen-bond donors (Lipinski definition) is 0. The molecule has 0 atom stereocenters. The molecule has 0 saturated heterocycles. The molecule has 0 bridgehead atoms. The Morgan fingerprint density at radius 3 is 1.80 bits per heavy atom. The van der Waals surface area contributed by atoms with Gasteiger partial charge in [-0.05, 0) is 112 Å². The number of halogens is 2. The molecule has 5 nitrogen and oxygen atoms in total. The quantitative estimate of drug-likeness (QED) is 0.114. The predicted molar refractivity (Wildman–Crippen MR) is 266 cm³/mol. The number of benzene rings is 6. The van der Waals surface area contributed by atoms with Crippen LogP contribution in [-0.2, 0) is 45.8 Å². The minimum atomic E-state index is -2.42. The van der Waals surface area contributed by atoms with Crippen molar-refractivity contribution in [3.63, 3.8) is 0 Å². The summed E-state index contributed by atoms with van der Waals surface area (Å²) in [6.45, 7) is -2.42. The van der Waals surface area contributed by atoms with Crippen molar-refractivity contribution in [1.29, 1.82) is 0 Å². The van der Waals surface area contributed by atoms with E-state index in [-0.39, 0.29) is 37.1 Å². The van der Waals surface area contributed by atoms with Crippen molar-refractivity contribution in [2.45, 2.75) is 32.5 Å². The molecule has 0 aliphatic rings. The van der Waals surface area contributed by atoms with Gasteiger partial charge in [-0.1, -0.05) is 89.8 Å². The second kappa shape index (κ2) is 19.8. The minimum Gasteiger partial charge on any atom is -0.486 e. The molecule has 0 amide bonds. The van der Waals surface area contributed by atoms with Crippen molar-refractivity contribution in [2.75, 3.05) is 0 Å². The van der Waals surface area contributed by atoms with Gasteiger partial charge in [0.1, 0.15) is 11.6 Å². The van der Waals surface area contributed by atoms with Gasteiger partial charge in [0.2, 0.25) is 5.71 Å². The van der Waals surface area contributed by atoms with Gasteiger partial charge in [0.15, 0.2) is 0 Å². The number of rotatable bonds is 12. The number of fused-ring (bicyclic) bond motifs is 3. The van der Waals surface area contributed by atoms with E-state index in [1.807, 2.05) is 128 Å². The fourth-order valence-electron chi connectivity index (χ4n) is 8.89. The van der Waals surface area contributed by atoms with Crippen molar-refractivity contribution in [2.24, 2.45) is 0 Å². The van der Waals surface area contributed by atoms with Crippen LogP contribution in [0.15, 0.2) is 187 Å². The summed E-state index contributed by atoms with van der Waals surface area (Å²) in [6.07, 6.45) is 8.10. The molecule has 69 heavy (non-hydrogen) atoms. The van der Waals surface area contributed by atoms with E-state index in [1.165, 1.54) is 12.1 Å². The second-order valence-corrected chi connectivity index (χ2v) is 16.7. The third-order valence-corrected chi connectivity index (χ3v) is 12.3. The molecule has 0 fully saturated rings. The molecule has 0 N–H and O–H groups in total. The van der Waals surface area contributed by atoms with E-state index in [4.69, 9.17) is 23.5 Å². The Labute approximate surface area is 417 Å². The third-order valence-electron chi connectivity index (χ3n) is 12.3. The van der Waals surface area contributed by atoms with E-state index in [2.05, 4.69) is 41.4 Å². The molecule has 334 valence electrons. The Morgan fingerprint density at radius 1 is 0.522 bits per heavy atom. The van der Waals surface area contributed by atoms with Crippen LogP contribution in [0.1, 0.15) is 32.1 Å². The van der Waals surface area contributed by atoms with Gasteiger partial charge in [0, 0.05) is 51.0 Å². The van der Waals surface area contributed by atoms with Crippen LogP contribution in [-0.4, -0.2) is 19.9 Å². The molecule has 6 aromatic carbocycles. The topological polar surface area (TPSA) is 64.7 Å². The van der Waals surface area contributed by atoms with Crippen LogP contribution in [0.2, 0.25) is 0 Å². The summed E-state index contributed by atoms with van der Waals surface area (Å²) in [5, 5.41) is 1.36. The Bertz CT molecular complexity index is 3600. The van der Waals surface area contributed by atoms with Crippen LogP contribution < -0.4 is 0 Å². The molecule has 5 aromatic heterocycles. The van der Waals surface area contributed by atoms with Gasteiger partial charge < -0.3 is 19.4 Å². The van der Waals surface area contributed by atoms with Crippen LogP contribution in [0.3, 0.4) is 0 Å². The van der Waals surface area contributed by atoms with Crippen LogP contribution >= 0.6 is 0 Å². The number of aromatic nitrogens is 4. The normalized spacial score (nSPS) is 12.1. The smallest absolute Gasteiger partial charge is 0.486 e. The van der Waals surface area contributed by atoms with Crippen molar-refractivity contribution in [3.05, 3.63) is 240 Å². The van der Waals surface area contributed by atoms with Crippen molar-refractivity contribution in [3.8, 4) is 67.2 Å². The number of hydrogen-bond acceptors (Lipinski definition) is 5. The zero-order valence-electron chi connectivity index (χ0n) is 39.9. The van der Waals surface area contributed by atoms with Gasteiger partial charge in [0.25, 0.3) is 0 Å². The van der Waals surface area contributed by atoms with E-state index >= 15 is 8.78 Å². The standard InChI is InChI=1S/C61H41F2N4O.Ir/c1-39-20-27-50-49-18-11-19-51(60(49)68-61(50)67-39)58-35-52(44-12-5-2-6-13-44)54(38-66-58)59-53(33-48(62)34-55(59)63)47-31-42(23-21-40-25-28-56(64-36-40)45-14-7-3-8-15-45)30-43(32-47)24-22-41-26-29-57(65-37-41)46-16-9-4-10-17-46;/h2-14,16,18,20,25-38H,21-24H2,1H3;/q-3;+3/i1D3;. The van der Waals surface area contributed by atoms with Crippen LogP contribution in [0.5, 0.6) is 0 Å². The largest absolute Gasteiger partial charge is 3.00 e. The van der Waals surface area contributed by atoms with E-state index < -0.39 is 18.5 Å². The molecular formula is C61H41F2IrN4O. The molecule has 0 aliphatic carbocycles. The van der Waals surface area contributed by atoms with Crippen LogP contribution in [0.25, 0.3) is 89.2 Å². The summed E-state index contributed by atoms with van der Waals surface area (Å²) in [5.41, 5.74) is 12.3. The van der Waals surface area contributed by atoms with E-state index in [0.29, 0.717) is 75.5 Å². The summed E-state index contributed by atoms with van der Waals surface area (Å²) in [4.78, 5) is 18.7. The zero-order chi connectivity index (χ0) is 48.5. The van der Waals surface area contributed by atoms with Gasteiger partial charge in [-0.25, -0.2) is 13.8 Å². The molecule has 11 aromatic rings. The molecular weight excluding hydrogens is 1030 g/mol. The first kappa shape index (κ1) is 41.4. The molecule has 8 heteroatoms. The summed E-state index contributed by atoms with van der Waals surface area (Å²) >= 11 is 0. The Hall–Kier alpha value is -7.77. The van der Waals surface area contributed by atoms with Gasteiger partial charge >= 0.3 is 20.1 Å². The number of pyridine rings is 4. The Kier molecular flexibility index (Phi) is 11.9. The molecule has 0 saturated carbocycles. The fourth-order valence-corrected chi connectivity index (χ4v) is 8.89. The molecule has 5 heterocycles. The zero-order valence-corrected chi connectivity index (χ0v) is 39.3. The molecule has 11 rings (SSSR count). The first-order chi connectivity index (χ1) is 34.6. The van der Waals surface area contributed by atoms with E-state index in [0.717, 1.165) is 56.4 Å². The maximum absolute atomic E-state index is 16.9. The van der Waals surface area contributed by atoms with Crippen molar-refractivity contribution in [1.82, 2.24) is 19.9 Å². The average Bonchev–Trinajstić information content (AvgIpc) is 3.79. The second-order valence-electron chi connectivity index (χ2n) is 16.7. The number of nitrogens with zero attached hydrogens (tertiary/aromatic N) is 4. The predicted octanol–water partition coefficient (Wildman–Crippen LogP) is 14.7. The third kappa shape index (κ3) is 9.55. The number of furan rings is 1. The van der Waals surface area contributed by atoms with Crippen LogP contribution in [0.4, 0.5) is 8.78 Å². The fraction of sp³-hybridized carbons (Fsp3) is 0.0820. The van der Waals surface area contributed by atoms with Gasteiger partial charge in [-0.2, -0.15) is 0 Å². The van der Waals surface area contributed by atoms with Gasteiger partial charge in [-0.15, -0.1) is 90.0 Å². The van der Waals surface area contributed by atoms with Crippen molar-refractivity contribution < 1.29 is 37.4 Å². The molecule has 0 spiro atoms. The first-order valence-corrected chi connectivity index (χ1v) is 22.4. The average molecular weight is 1080 g/mol. The number of aryl methyl sites for hydroxylation is 5. The molecule has 0 aliphatic heterocycles.